The molecule has 1 fully saturated rings. The summed E-state index contributed by atoms with van der Waals surface area (Å²) in [6, 6.07) is 5.58. The summed E-state index contributed by atoms with van der Waals surface area (Å²) >= 11 is 0. The Hall–Kier alpha value is -3.71. The first-order valence-corrected chi connectivity index (χ1v) is 11.2. The Morgan fingerprint density at radius 1 is 0.784 bits per heavy atom. The van der Waals surface area contributed by atoms with E-state index >= 15 is 0 Å². The smallest absolute Gasteiger partial charge is 0.229 e. The lowest BCUT2D eigenvalue weighted by atomic mass is 10.00. The summed E-state index contributed by atoms with van der Waals surface area (Å²) in [6.07, 6.45) is -6.87. The summed E-state index contributed by atoms with van der Waals surface area (Å²) in [5.41, 5.74) is -0.128. The molecule has 0 spiro atoms. The molecule has 1 aromatic heterocycles. The fourth-order valence-electron chi connectivity index (χ4n) is 4.11. The molecule has 4 rings (SSSR count). The minimum Gasteiger partial charge on any atom is -0.502 e. The quantitative estimate of drug-likeness (QED) is 0.354. The highest BCUT2D eigenvalue weighted by Crippen LogP contribution is 2.45. The standard InChI is InChI=1S/C25H28O12/c1-10-19(27)21(29)22(30)25(35-10)37-24-18-12(26)8-13(36-14(18)9-17(33-4)23(24)34-5)11-6-15(31-2)20(28)16(7-11)32-3/h6-10,19,21-22,25,27-30H,1-5H3/t10?,19-,21?,22-,25-/m0/s1. The van der Waals surface area contributed by atoms with Crippen molar-refractivity contribution in [2.75, 3.05) is 28.4 Å². The van der Waals surface area contributed by atoms with Crippen LogP contribution >= 0.6 is 0 Å². The van der Waals surface area contributed by atoms with Crippen LogP contribution < -0.4 is 29.1 Å². The van der Waals surface area contributed by atoms with Gasteiger partial charge in [-0.15, -0.1) is 0 Å². The lowest BCUT2D eigenvalue weighted by molar-refractivity contribution is -0.268. The molecule has 0 amide bonds. The highest BCUT2D eigenvalue weighted by molar-refractivity contribution is 5.90. The van der Waals surface area contributed by atoms with Crippen LogP contribution in [0.4, 0.5) is 0 Å². The van der Waals surface area contributed by atoms with E-state index in [9.17, 15) is 25.2 Å². The maximum atomic E-state index is 13.4. The van der Waals surface area contributed by atoms with Crippen LogP contribution in [0.15, 0.2) is 33.5 Å². The van der Waals surface area contributed by atoms with Crippen molar-refractivity contribution < 1.29 is 53.3 Å². The molecule has 1 aliphatic heterocycles. The molecule has 12 nitrogen and oxygen atoms in total. The number of aliphatic hydroxyl groups excluding tert-OH is 3. The number of hydrogen-bond donors (Lipinski definition) is 4. The highest BCUT2D eigenvalue weighted by Gasteiger charge is 2.44. The van der Waals surface area contributed by atoms with Crippen LogP contribution in [0.3, 0.4) is 0 Å². The molecule has 200 valence electrons. The molecule has 1 saturated heterocycles. The largest absolute Gasteiger partial charge is 0.502 e. The van der Waals surface area contributed by atoms with Gasteiger partial charge in [0.1, 0.15) is 35.0 Å². The molecule has 0 saturated carbocycles. The first-order chi connectivity index (χ1) is 17.6. The fourth-order valence-corrected chi connectivity index (χ4v) is 4.11. The molecule has 2 heterocycles. The predicted molar refractivity (Wildman–Crippen MR) is 129 cm³/mol. The number of phenols is 1. The van der Waals surface area contributed by atoms with Gasteiger partial charge < -0.3 is 53.3 Å². The number of phenolic OH excluding ortho intramolecular Hbond substituents is 1. The van der Waals surface area contributed by atoms with Gasteiger partial charge >= 0.3 is 0 Å². The van der Waals surface area contributed by atoms with E-state index in [0.29, 0.717) is 5.56 Å². The van der Waals surface area contributed by atoms with Crippen molar-refractivity contribution in [2.24, 2.45) is 0 Å². The molecule has 4 N–H and O–H groups in total. The summed E-state index contributed by atoms with van der Waals surface area (Å²) in [6.45, 7) is 1.50. The molecule has 1 aliphatic rings. The molecule has 2 aromatic carbocycles. The number of aromatic hydroxyl groups is 1. The van der Waals surface area contributed by atoms with Crippen LogP contribution in [-0.4, -0.2) is 79.6 Å². The van der Waals surface area contributed by atoms with Crippen molar-refractivity contribution in [3.63, 3.8) is 0 Å². The van der Waals surface area contributed by atoms with Crippen LogP contribution in [-0.2, 0) is 4.74 Å². The molecule has 37 heavy (non-hydrogen) atoms. The van der Waals surface area contributed by atoms with Gasteiger partial charge in [-0.05, 0) is 19.1 Å². The van der Waals surface area contributed by atoms with E-state index in [1.165, 1.54) is 59.6 Å². The summed E-state index contributed by atoms with van der Waals surface area (Å²) in [5, 5.41) is 40.8. The van der Waals surface area contributed by atoms with Gasteiger partial charge in [-0.3, -0.25) is 4.79 Å². The lowest BCUT2D eigenvalue weighted by Crippen LogP contribution is -2.58. The van der Waals surface area contributed by atoms with E-state index in [1.807, 2.05) is 0 Å². The first-order valence-electron chi connectivity index (χ1n) is 11.2. The maximum Gasteiger partial charge on any atom is 0.229 e. The predicted octanol–water partition coefficient (Wildman–Crippen LogP) is 1.41. The fraction of sp³-hybridized carbons (Fsp3) is 0.400. The Balaban J connectivity index is 1.90. The van der Waals surface area contributed by atoms with E-state index in [2.05, 4.69) is 0 Å². The highest BCUT2D eigenvalue weighted by atomic mass is 16.7. The van der Waals surface area contributed by atoms with Crippen LogP contribution in [0.1, 0.15) is 6.92 Å². The Morgan fingerprint density at radius 2 is 1.41 bits per heavy atom. The van der Waals surface area contributed by atoms with Crippen molar-refractivity contribution in [1.82, 2.24) is 0 Å². The molecule has 0 radical (unpaired) electrons. The molecule has 0 bridgehead atoms. The Kier molecular flexibility index (Phi) is 7.37. The molecule has 12 heteroatoms. The Labute approximate surface area is 211 Å². The topological polar surface area (TPSA) is 167 Å². The van der Waals surface area contributed by atoms with E-state index < -0.39 is 36.1 Å². The van der Waals surface area contributed by atoms with Gasteiger partial charge in [0.05, 0.1) is 34.5 Å². The average molecular weight is 520 g/mol. The van der Waals surface area contributed by atoms with Gasteiger partial charge in [-0.25, -0.2) is 0 Å². The van der Waals surface area contributed by atoms with Crippen LogP contribution in [0.25, 0.3) is 22.3 Å². The number of methoxy groups -OCH3 is 4. The second-order valence-electron chi connectivity index (χ2n) is 8.32. The van der Waals surface area contributed by atoms with Crippen LogP contribution in [0.5, 0.6) is 34.5 Å². The Morgan fingerprint density at radius 3 is 1.97 bits per heavy atom. The van der Waals surface area contributed by atoms with E-state index in [1.54, 1.807) is 0 Å². The van der Waals surface area contributed by atoms with Gasteiger partial charge in [0, 0.05) is 17.7 Å². The van der Waals surface area contributed by atoms with E-state index in [-0.39, 0.29) is 51.2 Å². The number of hydrogen-bond acceptors (Lipinski definition) is 12. The van der Waals surface area contributed by atoms with E-state index in [4.69, 9.17) is 32.8 Å². The first kappa shape index (κ1) is 26.4. The van der Waals surface area contributed by atoms with E-state index in [0.717, 1.165) is 0 Å². The van der Waals surface area contributed by atoms with Crippen molar-refractivity contribution in [3.05, 3.63) is 34.5 Å². The van der Waals surface area contributed by atoms with Crippen molar-refractivity contribution in [2.45, 2.75) is 37.6 Å². The zero-order chi connectivity index (χ0) is 27.0. The van der Waals surface area contributed by atoms with Gasteiger partial charge in [0.25, 0.3) is 0 Å². The second-order valence-corrected chi connectivity index (χ2v) is 8.32. The second kappa shape index (κ2) is 10.3. The zero-order valence-electron chi connectivity index (χ0n) is 20.8. The van der Waals surface area contributed by atoms with Gasteiger partial charge in [-0.1, -0.05) is 0 Å². The number of ether oxygens (including phenoxy) is 6. The van der Waals surface area contributed by atoms with Gasteiger partial charge in [0.2, 0.25) is 17.8 Å². The van der Waals surface area contributed by atoms with Crippen molar-refractivity contribution >= 4 is 11.0 Å². The molecule has 2 unspecified atom stereocenters. The number of rotatable bonds is 7. The summed E-state index contributed by atoms with van der Waals surface area (Å²) in [5.74, 6) is 0.119. The van der Waals surface area contributed by atoms with Crippen LogP contribution in [0.2, 0.25) is 0 Å². The van der Waals surface area contributed by atoms with Crippen molar-refractivity contribution in [3.8, 4) is 45.8 Å². The molecule has 0 aliphatic carbocycles. The normalized spacial score (nSPS) is 23.5. The summed E-state index contributed by atoms with van der Waals surface area (Å²) < 4.78 is 38.6. The Bertz CT molecular complexity index is 1320. The molecule has 5 atom stereocenters. The monoisotopic (exact) mass is 520 g/mol. The molecule has 3 aromatic rings. The summed E-state index contributed by atoms with van der Waals surface area (Å²) in [7, 11) is 5.45. The van der Waals surface area contributed by atoms with Crippen LogP contribution in [0, 0.1) is 0 Å². The SMILES string of the molecule is COc1cc(-c2cc(=O)c3c(O[C@@H]4OC(C)[C@H](O)C(O)[C@@H]4O)c(OC)c(OC)cc3o2)cc(OC)c1O. The number of aliphatic hydroxyl groups is 3. The zero-order valence-corrected chi connectivity index (χ0v) is 20.8. The third-order valence-electron chi connectivity index (χ3n) is 6.12. The lowest BCUT2D eigenvalue weighted by Gasteiger charge is -2.39. The minimum absolute atomic E-state index is 0.0205. The third kappa shape index (κ3) is 4.60. The number of benzene rings is 2. The maximum absolute atomic E-state index is 13.4. The third-order valence-corrected chi connectivity index (χ3v) is 6.12. The minimum atomic E-state index is -1.64. The van der Waals surface area contributed by atoms with Gasteiger partial charge in [-0.2, -0.15) is 0 Å². The molecular formula is C25H28O12. The number of fused-ring (bicyclic) bond motifs is 1. The van der Waals surface area contributed by atoms with Crippen molar-refractivity contribution in [1.29, 1.82) is 0 Å². The average Bonchev–Trinajstić information content (AvgIpc) is 2.89. The van der Waals surface area contributed by atoms with Gasteiger partial charge in [0.15, 0.2) is 28.4 Å². The molecular weight excluding hydrogens is 492 g/mol. The summed E-state index contributed by atoms with van der Waals surface area (Å²) in [4.78, 5) is 13.4.